The van der Waals surface area contributed by atoms with Crippen LogP contribution in [0, 0.1) is 6.92 Å². The minimum Gasteiger partial charge on any atom is -0.352 e. The lowest BCUT2D eigenvalue weighted by Crippen LogP contribution is -2.35. The SMILES string of the molecule is Cc1cccc(CNC(=O)CCN2C(=O)c3cccnc3Sc3ccccc32)c1. The lowest BCUT2D eigenvalue weighted by Gasteiger charge is -2.22. The number of pyridine rings is 1. The first-order valence-corrected chi connectivity index (χ1v) is 10.3. The van der Waals surface area contributed by atoms with Crippen molar-refractivity contribution < 1.29 is 9.59 Å². The maximum atomic E-state index is 13.2. The lowest BCUT2D eigenvalue weighted by molar-refractivity contribution is -0.121. The number of nitrogens with zero attached hydrogens (tertiary/aromatic N) is 2. The molecule has 1 aromatic heterocycles. The van der Waals surface area contributed by atoms with Gasteiger partial charge in [0.1, 0.15) is 5.03 Å². The van der Waals surface area contributed by atoms with E-state index in [9.17, 15) is 9.59 Å². The first kappa shape index (κ1) is 19.2. The minimum absolute atomic E-state index is 0.0832. The number of carbonyl (C=O) groups is 2. The first-order valence-electron chi connectivity index (χ1n) is 9.48. The molecule has 2 aromatic carbocycles. The van der Waals surface area contributed by atoms with Gasteiger partial charge in [-0.1, -0.05) is 53.7 Å². The minimum atomic E-state index is -0.128. The third-order valence-electron chi connectivity index (χ3n) is 4.74. The predicted octanol–water partition coefficient (Wildman–Crippen LogP) is 4.21. The van der Waals surface area contributed by atoms with E-state index < -0.39 is 0 Å². The summed E-state index contributed by atoms with van der Waals surface area (Å²) in [7, 11) is 0. The Kier molecular flexibility index (Phi) is 5.62. The van der Waals surface area contributed by atoms with Gasteiger partial charge in [-0.3, -0.25) is 9.59 Å². The smallest absolute Gasteiger partial charge is 0.261 e. The molecule has 3 aromatic rings. The number of amides is 2. The molecule has 29 heavy (non-hydrogen) atoms. The summed E-state index contributed by atoms with van der Waals surface area (Å²) in [5, 5.41) is 3.64. The average Bonchev–Trinajstić information content (AvgIpc) is 2.85. The normalized spacial score (nSPS) is 12.7. The maximum Gasteiger partial charge on any atom is 0.261 e. The average molecular weight is 404 g/mol. The van der Waals surface area contributed by atoms with Crippen LogP contribution < -0.4 is 10.2 Å². The standard InChI is InChI=1S/C23H21N3O2S/c1-16-6-4-7-17(14-16)15-25-21(27)11-13-26-19-9-2-3-10-20(19)29-22-18(23(26)28)8-5-12-24-22/h2-10,12,14H,11,13,15H2,1H3,(H,25,27). The molecule has 4 rings (SSSR count). The zero-order valence-corrected chi connectivity index (χ0v) is 16.9. The van der Waals surface area contributed by atoms with Gasteiger partial charge in [0.2, 0.25) is 5.91 Å². The van der Waals surface area contributed by atoms with Gasteiger partial charge in [-0.05, 0) is 36.8 Å². The highest BCUT2D eigenvalue weighted by Gasteiger charge is 2.27. The van der Waals surface area contributed by atoms with Crippen molar-refractivity contribution in [3.63, 3.8) is 0 Å². The van der Waals surface area contributed by atoms with Crippen LogP contribution in [-0.4, -0.2) is 23.3 Å². The van der Waals surface area contributed by atoms with Crippen LogP contribution in [-0.2, 0) is 11.3 Å². The van der Waals surface area contributed by atoms with Crippen molar-refractivity contribution >= 4 is 29.3 Å². The van der Waals surface area contributed by atoms with Gasteiger partial charge in [0, 0.05) is 30.6 Å². The molecule has 2 amide bonds. The van der Waals surface area contributed by atoms with Crippen molar-refractivity contribution in [1.29, 1.82) is 0 Å². The zero-order valence-electron chi connectivity index (χ0n) is 16.1. The van der Waals surface area contributed by atoms with E-state index in [1.54, 1.807) is 23.2 Å². The number of fused-ring (bicyclic) bond motifs is 2. The van der Waals surface area contributed by atoms with Gasteiger partial charge in [-0.15, -0.1) is 0 Å². The van der Waals surface area contributed by atoms with Crippen molar-refractivity contribution in [2.45, 2.75) is 29.8 Å². The number of anilines is 1. The topological polar surface area (TPSA) is 62.3 Å². The van der Waals surface area contributed by atoms with Crippen LogP contribution in [0.5, 0.6) is 0 Å². The monoisotopic (exact) mass is 403 g/mol. The van der Waals surface area contributed by atoms with Crippen LogP contribution in [0.3, 0.4) is 0 Å². The van der Waals surface area contributed by atoms with Gasteiger partial charge < -0.3 is 10.2 Å². The van der Waals surface area contributed by atoms with Gasteiger partial charge in [0.15, 0.2) is 0 Å². The molecule has 0 saturated carbocycles. The molecule has 0 bridgehead atoms. The third kappa shape index (κ3) is 4.32. The van der Waals surface area contributed by atoms with E-state index in [1.807, 2.05) is 49.4 Å². The Labute approximate surface area is 174 Å². The summed E-state index contributed by atoms with van der Waals surface area (Å²) in [4.78, 5) is 32.6. The Bertz CT molecular complexity index is 1070. The highest BCUT2D eigenvalue weighted by Crippen LogP contribution is 2.40. The van der Waals surface area contributed by atoms with E-state index in [0.717, 1.165) is 21.7 Å². The van der Waals surface area contributed by atoms with Gasteiger partial charge in [-0.2, -0.15) is 0 Å². The van der Waals surface area contributed by atoms with Crippen molar-refractivity contribution in [3.05, 3.63) is 83.6 Å². The summed E-state index contributed by atoms with van der Waals surface area (Å²) in [5.74, 6) is -0.211. The van der Waals surface area contributed by atoms with Crippen molar-refractivity contribution in [2.75, 3.05) is 11.4 Å². The van der Waals surface area contributed by atoms with Crippen LogP contribution in [0.1, 0.15) is 27.9 Å². The number of aryl methyl sites for hydroxylation is 1. The summed E-state index contributed by atoms with van der Waals surface area (Å²) in [6.45, 7) is 2.82. The molecular formula is C23H21N3O2S. The Hall–Kier alpha value is -3.12. The van der Waals surface area contributed by atoms with Crippen LogP contribution >= 0.6 is 11.8 Å². The molecule has 1 aliphatic heterocycles. The molecule has 0 saturated heterocycles. The third-order valence-corrected chi connectivity index (χ3v) is 5.83. The summed E-state index contributed by atoms with van der Waals surface area (Å²) in [5.41, 5.74) is 3.60. The fourth-order valence-electron chi connectivity index (χ4n) is 3.31. The molecular weight excluding hydrogens is 382 g/mol. The van der Waals surface area contributed by atoms with Crippen molar-refractivity contribution in [1.82, 2.24) is 10.3 Å². The lowest BCUT2D eigenvalue weighted by atomic mass is 10.1. The van der Waals surface area contributed by atoms with Gasteiger partial charge in [0.25, 0.3) is 5.91 Å². The van der Waals surface area contributed by atoms with Crippen LogP contribution in [0.15, 0.2) is 76.8 Å². The quantitative estimate of drug-likeness (QED) is 0.693. The molecule has 0 aliphatic carbocycles. The largest absolute Gasteiger partial charge is 0.352 e. The second-order valence-electron chi connectivity index (χ2n) is 6.90. The van der Waals surface area contributed by atoms with E-state index in [1.165, 1.54) is 11.8 Å². The van der Waals surface area contributed by atoms with Crippen LogP contribution in [0.25, 0.3) is 0 Å². The Morgan fingerprint density at radius 2 is 1.97 bits per heavy atom. The molecule has 0 atom stereocenters. The van der Waals surface area contributed by atoms with Crippen molar-refractivity contribution in [3.8, 4) is 0 Å². The molecule has 6 heteroatoms. The number of hydrogen-bond acceptors (Lipinski definition) is 4. The molecule has 1 aliphatic rings. The Morgan fingerprint density at radius 3 is 2.83 bits per heavy atom. The molecule has 0 radical (unpaired) electrons. The van der Waals surface area contributed by atoms with Crippen LogP contribution in [0.2, 0.25) is 0 Å². The number of rotatable bonds is 5. The molecule has 146 valence electrons. The van der Waals surface area contributed by atoms with Crippen molar-refractivity contribution in [2.24, 2.45) is 0 Å². The van der Waals surface area contributed by atoms with Gasteiger partial charge >= 0.3 is 0 Å². The summed E-state index contributed by atoms with van der Waals surface area (Å²) >= 11 is 1.48. The zero-order chi connectivity index (χ0) is 20.2. The van der Waals surface area contributed by atoms with E-state index in [0.29, 0.717) is 23.7 Å². The van der Waals surface area contributed by atoms with Crippen LogP contribution in [0.4, 0.5) is 5.69 Å². The second kappa shape index (κ2) is 8.49. The summed E-state index contributed by atoms with van der Waals surface area (Å²) in [6, 6.07) is 19.3. The molecule has 2 heterocycles. The molecule has 5 nitrogen and oxygen atoms in total. The second-order valence-corrected chi connectivity index (χ2v) is 7.93. The first-order chi connectivity index (χ1) is 14.1. The summed E-state index contributed by atoms with van der Waals surface area (Å²) < 4.78 is 0. The van der Waals surface area contributed by atoms with E-state index in [2.05, 4.69) is 16.4 Å². The number of benzene rings is 2. The van der Waals surface area contributed by atoms with E-state index in [4.69, 9.17) is 0 Å². The highest BCUT2D eigenvalue weighted by molar-refractivity contribution is 7.99. The number of para-hydroxylation sites is 1. The Balaban J connectivity index is 1.48. The summed E-state index contributed by atoms with van der Waals surface area (Å²) in [6.07, 6.45) is 1.92. The molecule has 0 spiro atoms. The molecule has 0 fully saturated rings. The predicted molar refractivity (Wildman–Crippen MR) is 114 cm³/mol. The number of nitrogens with one attached hydrogen (secondary N) is 1. The number of carbonyl (C=O) groups excluding carboxylic acids is 2. The fourth-order valence-corrected chi connectivity index (χ4v) is 4.32. The number of hydrogen-bond donors (Lipinski definition) is 1. The number of aromatic nitrogens is 1. The molecule has 0 unspecified atom stereocenters. The van der Waals surface area contributed by atoms with E-state index in [-0.39, 0.29) is 18.2 Å². The highest BCUT2D eigenvalue weighted by atomic mass is 32.2. The van der Waals surface area contributed by atoms with E-state index >= 15 is 0 Å². The Morgan fingerprint density at radius 1 is 1.10 bits per heavy atom. The molecule has 1 N–H and O–H groups in total. The van der Waals surface area contributed by atoms with Gasteiger partial charge in [0.05, 0.1) is 11.3 Å². The maximum absolute atomic E-state index is 13.2. The van der Waals surface area contributed by atoms with Gasteiger partial charge in [-0.25, -0.2) is 4.98 Å². The fraction of sp³-hybridized carbons (Fsp3) is 0.174.